The minimum atomic E-state index is -1.01. The summed E-state index contributed by atoms with van der Waals surface area (Å²) in [6.45, 7) is 0. The van der Waals surface area contributed by atoms with Gasteiger partial charge in [-0.2, -0.15) is 5.26 Å². The average Bonchev–Trinajstić information content (AvgIpc) is 3.31. The van der Waals surface area contributed by atoms with Gasteiger partial charge in [0.2, 0.25) is 0 Å². The summed E-state index contributed by atoms with van der Waals surface area (Å²) >= 11 is 0. The third-order valence-corrected chi connectivity index (χ3v) is 4.01. The average molecular weight is 279 g/mol. The number of Topliss-reactive ketones (excluding diaryl/α,β-unsaturated/α-hetero) is 1. The van der Waals surface area contributed by atoms with Gasteiger partial charge in [0, 0.05) is 11.5 Å². The maximum Gasteiger partial charge on any atom is 0.158 e. The number of hydrogen-bond donors (Lipinski definition) is 0. The molecule has 2 aromatic rings. The summed E-state index contributed by atoms with van der Waals surface area (Å²) in [5.74, 6) is -1.67. The number of rotatable bonds is 4. The lowest BCUT2D eigenvalue weighted by Crippen LogP contribution is -2.15. The van der Waals surface area contributed by atoms with Crippen molar-refractivity contribution in [2.24, 2.45) is 5.92 Å². The van der Waals surface area contributed by atoms with Crippen LogP contribution in [0.1, 0.15) is 29.4 Å². The molecule has 0 radical (unpaired) electrons. The van der Waals surface area contributed by atoms with E-state index < -0.39 is 11.7 Å². The van der Waals surface area contributed by atoms with Crippen LogP contribution in [0.15, 0.2) is 54.6 Å². The Bertz CT molecular complexity index is 705. The molecular weight excluding hydrogens is 265 g/mol. The minimum absolute atomic E-state index is 0.168. The number of carbonyl (C=O) groups excluding carboxylic acids is 1. The van der Waals surface area contributed by atoms with Gasteiger partial charge in [0.15, 0.2) is 5.78 Å². The molecule has 1 aliphatic carbocycles. The lowest BCUT2D eigenvalue weighted by Gasteiger charge is -2.09. The lowest BCUT2D eigenvalue weighted by atomic mass is 9.92. The summed E-state index contributed by atoms with van der Waals surface area (Å²) in [6, 6.07) is 17.8. The van der Waals surface area contributed by atoms with E-state index in [4.69, 9.17) is 0 Å². The molecule has 3 atom stereocenters. The lowest BCUT2D eigenvalue weighted by molar-refractivity contribution is -0.120. The van der Waals surface area contributed by atoms with E-state index in [9.17, 15) is 14.4 Å². The highest BCUT2D eigenvalue weighted by Crippen LogP contribution is 2.50. The minimum Gasteiger partial charge on any atom is -0.298 e. The molecule has 104 valence electrons. The molecular formula is C18H14FNO. The van der Waals surface area contributed by atoms with Crippen LogP contribution in [0.25, 0.3) is 0 Å². The van der Waals surface area contributed by atoms with Crippen molar-refractivity contribution in [3.05, 3.63) is 71.5 Å². The van der Waals surface area contributed by atoms with Crippen molar-refractivity contribution >= 4 is 5.78 Å². The van der Waals surface area contributed by atoms with Crippen LogP contribution in [0.2, 0.25) is 0 Å². The first-order chi connectivity index (χ1) is 10.2. The third kappa shape index (κ3) is 2.57. The van der Waals surface area contributed by atoms with E-state index in [2.05, 4.69) is 0 Å². The zero-order chi connectivity index (χ0) is 14.8. The smallest absolute Gasteiger partial charge is 0.158 e. The van der Waals surface area contributed by atoms with E-state index in [1.54, 1.807) is 12.1 Å². The van der Waals surface area contributed by atoms with E-state index in [0.717, 1.165) is 12.0 Å². The number of nitrogens with zero attached hydrogens (tertiary/aromatic N) is 1. The van der Waals surface area contributed by atoms with Crippen LogP contribution in [0.4, 0.5) is 4.39 Å². The van der Waals surface area contributed by atoms with Gasteiger partial charge in [0.05, 0.1) is 6.07 Å². The van der Waals surface area contributed by atoms with Crippen molar-refractivity contribution in [1.82, 2.24) is 0 Å². The SMILES string of the molecule is N#CC(C(=O)C1CC1c1ccccc1)c1ccccc1F. The topological polar surface area (TPSA) is 40.9 Å². The van der Waals surface area contributed by atoms with Gasteiger partial charge >= 0.3 is 0 Å². The Kier molecular flexibility index (Phi) is 3.53. The van der Waals surface area contributed by atoms with Crippen LogP contribution in [0.5, 0.6) is 0 Å². The van der Waals surface area contributed by atoms with Crippen molar-refractivity contribution in [2.45, 2.75) is 18.3 Å². The van der Waals surface area contributed by atoms with Crippen LogP contribution in [0, 0.1) is 23.1 Å². The fourth-order valence-electron chi connectivity index (χ4n) is 2.79. The first kappa shape index (κ1) is 13.5. The molecule has 0 aliphatic heterocycles. The second-order valence-corrected chi connectivity index (χ2v) is 5.35. The monoisotopic (exact) mass is 279 g/mol. The van der Waals surface area contributed by atoms with E-state index in [0.29, 0.717) is 0 Å². The van der Waals surface area contributed by atoms with Gasteiger partial charge in [-0.15, -0.1) is 0 Å². The molecule has 0 bridgehead atoms. The summed E-state index contributed by atoms with van der Waals surface area (Å²) in [5, 5.41) is 9.27. The van der Waals surface area contributed by atoms with Crippen molar-refractivity contribution in [1.29, 1.82) is 5.26 Å². The zero-order valence-corrected chi connectivity index (χ0v) is 11.4. The molecule has 1 saturated carbocycles. The Hall–Kier alpha value is -2.47. The van der Waals surface area contributed by atoms with Gasteiger partial charge in [-0.3, -0.25) is 4.79 Å². The summed E-state index contributed by atoms with van der Waals surface area (Å²) in [6.07, 6.45) is 0.746. The van der Waals surface area contributed by atoms with E-state index in [1.807, 2.05) is 36.4 Å². The zero-order valence-electron chi connectivity index (χ0n) is 11.4. The Morgan fingerprint density at radius 1 is 1.14 bits per heavy atom. The molecule has 2 aromatic carbocycles. The standard InChI is InChI=1S/C18H14FNO/c19-17-9-5-4-8-13(17)16(11-20)18(21)15-10-14(15)12-6-2-1-3-7-12/h1-9,14-16H,10H2. The fraction of sp³-hybridized carbons (Fsp3) is 0.222. The third-order valence-electron chi connectivity index (χ3n) is 4.01. The Balaban J connectivity index is 1.80. The maximum atomic E-state index is 13.8. The van der Waals surface area contributed by atoms with Crippen molar-refractivity contribution < 1.29 is 9.18 Å². The van der Waals surface area contributed by atoms with Crippen LogP contribution < -0.4 is 0 Å². The van der Waals surface area contributed by atoms with Crippen molar-refractivity contribution in [2.75, 3.05) is 0 Å². The van der Waals surface area contributed by atoms with Crippen molar-refractivity contribution in [3.8, 4) is 6.07 Å². The van der Waals surface area contributed by atoms with Gasteiger partial charge < -0.3 is 0 Å². The van der Waals surface area contributed by atoms with Gasteiger partial charge in [-0.1, -0.05) is 48.5 Å². The number of benzene rings is 2. The van der Waals surface area contributed by atoms with E-state index in [-0.39, 0.29) is 23.2 Å². The highest BCUT2D eigenvalue weighted by atomic mass is 19.1. The molecule has 3 unspecified atom stereocenters. The predicted octanol–water partition coefficient (Wildman–Crippen LogP) is 3.81. The largest absolute Gasteiger partial charge is 0.298 e. The fourth-order valence-corrected chi connectivity index (χ4v) is 2.79. The molecule has 0 spiro atoms. The quantitative estimate of drug-likeness (QED) is 0.854. The van der Waals surface area contributed by atoms with Crippen molar-refractivity contribution in [3.63, 3.8) is 0 Å². The van der Waals surface area contributed by atoms with E-state index >= 15 is 0 Å². The van der Waals surface area contributed by atoms with Crippen LogP contribution in [-0.2, 0) is 4.79 Å². The van der Waals surface area contributed by atoms with Crippen LogP contribution in [0.3, 0.4) is 0 Å². The number of carbonyl (C=O) groups is 1. The number of ketones is 1. The summed E-state index contributed by atoms with van der Waals surface area (Å²) in [4.78, 5) is 12.5. The Morgan fingerprint density at radius 3 is 2.48 bits per heavy atom. The molecule has 2 nitrogen and oxygen atoms in total. The molecule has 0 N–H and O–H groups in total. The second kappa shape index (κ2) is 5.49. The highest BCUT2D eigenvalue weighted by molar-refractivity contribution is 5.93. The first-order valence-corrected chi connectivity index (χ1v) is 6.95. The van der Waals surface area contributed by atoms with Crippen LogP contribution >= 0.6 is 0 Å². The molecule has 0 aromatic heterocycles. The molecule has 21 heavy (non-hydrogen) atoms. The first-order valence-electron chi connectivity index (χ1n) is 6.95. The van der Waals surface area contributed by atoms with Crippen LogP contribution in [-0.4, -0.2) is 5.78 Å². The molecule has 0 heterocycles. The van der Waals surface area contributed by atoms with Gasteiger partial charge in [-0.05, 0) is 24.0 Å². The normalized spacial score (nSPS) is 21.3. The molecule has 1 fully saturated rings. The predicted molar refractivity (Wildman–Crippen MR) is 77.1 cm³/mol. The molecule has 3 rings (SSSR count). The van der Waals surface area contributed by atoms with Gasteiger partial charge in [-0.25, -0.2) is 4.39 Å². The second-order valence-electron chi connectivity index (χ2n) is 5.35. The van der Waals surface area contributed by atoms with E-state index in [1.165, 1.54) is 12.1 Å². The number of halogens is 1. The Morgan fingerprint density at radius 2 is 1.81 bits per heavy atom. The molecule has 0 amide bonds. The van der Waals surface area contributed by atoms with Gasteiger partial charge in [0.1, 0.15) is 11.7 Å². The highest BCUT2D eigenvalue weighted by Gasteiger charge is 2.46. The molecule has 3 heteroatoms. The number of nitriles is 1. The Labute approximate surface area is 122 Å². The summed E-state index contributed by atoms with van der Waals surface area (Å²) in [5.41, 5.74) is 1.30. The maximum absolute atomic E-state index is 13.8. The summed E-state index contributed by atoms with van der Waals surface area (Å²) in [7, 11) is 0. The summed E-state index contributed by atoms with van der Waals surface area (Å²) < 4.78 is 13.8. The van der Waals surface area contributed by atoms with Gasteiger partial charge in [0.25, 0.3) is 0 Å². The molecule has 1 aliphatic rings. The number of hydrogen-bond acceptors (Lipinski definition) is 2. The molecule has 0 saturated heterocycles.